The highest BCUT2D eigenvalue weighted by atomic mass is 35.5. The van der Waals surface area contributed by atoms with Crippen molar-refractivity contribution >= 4 is 22.5 Å². The smallest absolute Gasteiger partial charge is 0.0868 e. The van der Waals surface area contributed by atoms with Crippen LogP contribution in [-0.4, -0.2) is 14.3 Å². The number of rotatable bonds is 4. The zero-order valence-electron chi connectivity index (χ0n) is 12.7. The normalized spacial score (nSPS) is 11.4. The summed E-state index contributed by atoms with van der Waals surface area (Å²) in [4.78, 5) is 0. The number of aromatic nitrogens is 3. The van der Waals surface area contributed by atoms with Crippen LogP contribution in [0.2, 0.25) is 5.02 Å². The topological polar surface area (TPSA) is 22.8 Å². The van der Waals surface area contributed by atoms with Crippen LogP contribution in [0, 0.1) is 0 Å². The van der Waals surface area contributed by atoms with E-state index in [1.165, 1.54) is 16.5 Å². The molecule has 0 bridgehead atoms. The summed E-state index contributed by atoms with van der Waals surface area (Å²) in [7, 11) is 1.97. The van der Waals surface area contributed by atoms with E-state index in [1.54, 1.807) is 0 Å². The molecule has 0 fully saturated rings. The van der Waals surface area contributed by atoms with Gasteiger partial charge >= 0.3 is 0 Å². The van der Waals surface area contributed by atoms with Crippen molar-refractivity contribution in [3.63, 3.8) is 0 Å². The van der Waals surface area contributed by atoms with Gasteiger partial charge in [0.15, 0.2) is 0 Å². The van der Waals surface area contributed by atoms with Crippen LogP contribution in [0.3, 0.4) is 0 Å². The van der Waals surface area contributed by atoms with Crippen LogP contribution >= 0.6 is 11.6 Å². The molecule has 0 unspecified atom stereocenters. The van der Waals surface area contributed by atoms with E-state index in [2.05, 4.69) is 54.0 Å². The molecule has 0 N–H and O–H groups in total. The summed E-state index contributed by atoms with van der Waals surface area (Å²) in [6.07, 6.45) is 4.03. The van der Waals surface area contributed by atoms with Gasteiger partial charge in [-0.3, -0.25) is 4.68 Å². The van der Waals surface area contributed by atoms with Crippen molar-refractivity contribution in [1.29, 1.82) is 0 Å². The van der Waals surface area contributed by atoms with Crippen LogP contribution in [0.15, 0.2) is 30.5 Å². The van der Waals surface area contributed by atoms with Gasteiger partial charge in [-0.2, -0.15) is 5.10 Å². The van der Waals surface area contributed by atoms with Crippen LogP contribution < -0.4 is 0 Å². The SMILES string of the molecule is CCc1nn(C)c(Cn2ccc3cccc(CC)c32)c1Cl. The van der Waals surface area contributed by atoms with E-state index in [4.69, 9.17) is 11.6 Å². The Kier molecular flexibility index (Phi) is 3.77. The minimum atomic E-state index is 0.753. The molecular weight excluding hydrogens is 282 g/mol. The highest BCUT2D eigenvalue weighted by Crippen LogP contribution is 2.25. The Morgan fingerprint density at radius 1 is 1.14 bits per heavy atom. The van der Waals surface area contributed by atoms with E-state index in [0.717, 1.165) is 35.8 Å². The van der Waals surface area contributed by atoms with Crippen LogP contribution in [0.25, 0.3) is 10.9 Å². The highest BCUT2D eigenvalue weighted by Gasteiger charge is 2.14. The number of aryl methyl sites for hydroxylation is 3. The maximum atomic E-state index is 6.47. The van der Waals surface area contributed by atoms with Crippen LogP contribution in [0.5, 0.6) is 0 Å². The zero-order valence-corrected chi connectivity index (χ0v) is 13.5. The number of hydrogen-bond donors (Lipinski definition) is 0. The largest absolute Gasteiger partial charge is 0.341 e. The van der Waals surface area contributed by atoms with Gasteiger partial charge < -0.3 is 4.57 Å². The number of benzene rings is 1. The van der Waals surface area contributed by atoms with Gasteiger partial charge in [0.05, 0.1) is 28.5 Å². The molecule has 0 saturated heterocycles. The standard InChI is InChI=1S/C17H20ClN3/c1-4-12-7-6-8-13-9-10-21(17(12)13)11-15-16(18)14(5-2)19-20(15)3/h6-10H,4-5,11H2,1-3H3. The molecule has 0 aliphatic carbocycles. The Morgan fingerprint density at radius 3 is 2.62 bits per heavy atom. The first-order valence-electron chi connectivity index (χ1n) is 7.42. The molecule has 0 radical (unpaired) electrons. The second-order valence-corrected chi connectivity index (χ2v) is 5.71. The van der Waals surface area contributed by atoms with Crippen molar-refractivity contribution in [2.75, 3.05) is 0 Å². The van der Waals surface area contributed by atoms with Gasteiger partial charge in [-0.05, 0) is 29.9 Å². The summed E-state index contributed by atoms with van der Waals surface area (Å²) in [6.45, 7) is 5.03. The quantitative estimate of drug-likeness (QED) is 0.708. The molecule has 1 aromatic carbocycles. The van der Waals surface area contributed by atoms with E-state index in [0.29, 0.717) is 0 Å². The van der Waals surface area contributed by atoms with Crippen LogP contribution in [0.4, 0.5) is 0 Å². The van der Waals surface area contributed by atoms with Crippen molar-refractivity contribution in [2.24, 2.45) is 7.05 Å². The van der Waals surface area contributed by atoms with Crippen molar-refractivity contribution in [3.8, 4) is 0 Å². The molecular formula is C17H20ClN3. The molecule has 0 amide bonds. The predicted molar refractivity (Wildman–Crippen MR) is 88.0 cm³/mol. The van der Waals surface area contributed by atoms with E-state index < -0.39 is 0 Å². The summed E-state index contributed by atoms with van der Waals surface area (Å²) in [5, 5.41) is 6.59. The van der Waals surface area contributed by atoms with Crippen molar-refractivity contribution < 1.29 is 0 Å². The molecule has 2 heterocycles. The first-order chi connectivity index (χ1) is 10.2. The number of para-hydroxylation sites is 1. The molecule has 2 aromatic heterocycles. The number of fused-ring (bicyclic) bond motifs is 1. The van der Waals surface area contributed by atoms with Crippen LogP contribution in [-0.2, 0) is 26.4 Å². The third-order valence-corrected chi connectivity index (χ3v) is 4.51. The number of nitrogens with zero attached hydrogens (tertiary/aromatic N) is 3. The highest BCUT2D eigenvalue weighted by molar-refractivity contribution is 6.31. The number of halogens is 1. The lowest BCUT2D eigenvalue weighted by Crippen LogP contribution is -2.06. The molecule has 3 aromatic rings. The summed E-state index contributed by atoms with van der Waals surface area (Å²) < 4.78 is 4.18. The van der Waals surface area contributed by atoms with Crippen LogP contribution in [0.1, 0.15) is 30.8 Å². The lowest BCUT2D eigenvalue weighted by Gasteiger charge is -2.09. The first kappa shape index (κ1) is 14.2. The van der Waals surface area contributed by atoms with E-state index in [9.17, 15) is 0 Å². The zero-order chi connectivity index (χ0) is 15.0. The molecule has 0 saturated carbocycles. The Hall–Kier alpha value is -1.74. The molecule has 4 heteroatoms. The van der Waals surface area contributed by atoms with E-state index in [-0.39, 0.29) is 0 Å². The average Bonchev–Trinajstić information content (AvgIpc) is 3.03. The molecule has 3 rings (SSSR count). The molecule has 110 valence electrons. The summed E-state index contributed by atoms with van der Waals surface area (Å²) in [5.41, 5.74) is 4.71. The molecule has 0 aliphatic rings. The van der Waals surface area contributed by atoms with Gasteiger partial charge in [-0.25, -0.2) is 0 Å². The summed E-state index contributed by atoms with van der Waals surface area (Å²) >= 11 is 6.47. The van der Waals surface area contributed by atoms with Gasteiger partial charge in [0.2, 0.25) is 0 Å². The van der Waals surface area contributed by atoms with E-state index in [1.807, 2.05) is 11.7 Å². The fourth-order valence-electron chi connectivity index (χ4n) is 2.91. The second kappa shape index (κ2) is 5.57. The Bertz CT molecular complexity index is 783. The van der Waals surface area contributed by atoms with Crippen molar-refractivity contribution in [1.82, 2.24) is 14.3 Å². The molecule has 0 atom stereocenters. The third-order valence-electron chi connectivity index (χ3n) is 4.08. The lowest BCUT2D eigenvalue weighted by atomic mass is 10.1. The van der Waals surface area contributed by atoms with Gasteiger partial charge in [0.25, 0.3) is 0 Å². The molecule has 21 heavy (non-hydrogen) atoms. The molecule has 3 nitrogen and oxygen atoms in total. The minimum absolute atomic E-state index is 0.753. The molecule has 0 spiro atoms. The van der Waals surface area contributed by atoms with E-state index >= 15 is 0 Å². The maximum absolute atomic E-state index is 6.47. The van der Waals surface area contributed by atoms with Gasteiger partial charge in [0.1, 0.15) is 0 Å². The van der Waals surface area contributed by atoms with Gasteiger partial charge in [0, 0.05) is 13.2 Å². The third kappa shape index (κ3) is 2.36. The Balaban J connectivity index is 2.09. The Labute approximate surface area is 130 Å². The van der Waals surface area contributed by atoms with Crippen molar-refractivity contribution in [2.45, 2.75) is 33.2 Å². The fourth-order valence-corrected chi connectivity index (χ4v) is 3.26. The van der Waals surface area contributed by atoms with Gasteiger partial charge in [-0.15, -0.1) is 0 Å². The monoisotopic (exact) mass is 301 g/mol. The maximum Gasteiger partial charge on any atom is 0.0868 e. The number of hydrogen-bond acceptors (Lipinski definition) is 1. The summed E-state index contributed by atoms with van der Waals surface area (Å²) in [5.74, 6) is 0. The molecule has 0 aliphatic heterocycles. The van der Waals surface area contributed by atoms with Gasteiger partial charge in [-0.1, -0.05) is 43.6 Å². The Morgan fingerprint density at radius 2 is 1.95 bits per heavy atom. The fraction of sp³-hybridized carbons (Fsp3) is 0.353. The average molecular weight is 302 g/mol. The first-order valence-corrected chi connectivity index (χ1v) is 7.80. The predicted octanol–water partition coefficient (Wildman–Crippen LogP) is 4.20. The minimum Gasteiger partial charge on any atom is -0.341 e. The lowest BCUT2D eigenvalue weighted by molar-refractivity contribution is 0.669. The second-order valence-electron chi connectivity index (χ2n) is 5.34. The summed E-state index contributed by atoms with van der Waals surface area (Å²) in [6, 6.07) is 8.64. The van der Waals surface area contributed by atoms with Crippen molar-refractivity contribution in [3.05, 3.63) is 52.4 Å².